The number of esters is 1. The Morgan fingerprint density at radius 1 is 1.04 bits per heavy atom. The quantitative estimate of drug-likeness (QED) is 0.700. The highest BCUT2D eigenvalue weighted by molar-refractivity contribution is 5.95. The number of amides is 1. The fourth-order valence-electron chi connectivity index (χ4n) is 2.62. The number of hydrogen-bond donors (Lipinski definition) is 1. The van der Waals surface area contributed by atoms with Crippen molar-refractivity contribution in [1.82, 2.24) is 4.57 Å². The topological polar surface area (TPSA) is 60.3 Å². The van der Waals surface area contributed by atoms with E-state index >= 15 is 0 Å². The van der Waals surface area contributed by atoms with Gasteiger partial charge in [0.05, 0.1) is 6.42 Å². The minimum absolute atomic E-state index is 0.210. The van der Waals surface area contributed by atoms with Gasteiger partial charge in [-0.25, -0.2) is 0 Å². The number of para-hydroxylation sites is 2. The molecule has 1 amide bonds. The molecule has 0 spiro atoms. The number of nitrogens with one attached hydrogen (secondary N) is 1. The molecule has 0 saturated heterocycles. The highest BCUT2D eigenvalue weighted by Gasteiger charge is 2.17. The number of aromatic nitrogens is 1. The Morgan fingerprint density at radius 3 is 2.56 bits per heavy atom. The van der Waals surface area contributed by atoms with E-state index in [1.54, 1.807) is 19.1 Å². The molecule has 1 atom stereocenters. The number of anilines is 1. The Hall–Kier alpha value is -3.08. The minimum Gasteiger partial charge on any atom is -0.452 e. The SMILES string of the molecule is CC(OC(=O)CCn1ccc2ccccc21)C(=O)Nc1ccccc1. The molecular formula is C20H20N2O3. The van der Waals surface area contributed by atoms with Crippen LogP contribution >= 0.6 is 0 Å². The maximum absolute atomic E-state index is 12.1. The van der Waals surface area contributed by atoms with Gasteiger partial charge in [-0.2, -0.15) is 0 Å². The molecule has 0 radical (unpaired) electrons. The van der Waals surface area contributed by atoms with Crippen LogP contribution in [0.4, 0.5) is 5.69 Å². The molecule has 0 aliphatic heterocycles. The summed E-state index contributed by atoms with van der Waals surface area (Å²) >= 11 is 0. The number of carbonyl (C=O) groups excluding carboxylic acids is 2. The molecule has 3 rings (SSSR count). The van der Waals surface area contributed by atoms with Crippen LogP contribution in [0.2, 0.25) is 0 Å². The Bertz CT molecular complexity index is 871. The van der Waals surface area contributed by atoms with E-state index in [0.717, 1.165) is 10.9 Å². The van der Waals surface area contributed by atoms with Gasteiger partial charge in [0.1, 0.15) is 0 Å². The molecule has 0 aliphatic carbocycles. The molecule has 5 nitrogen and oxygen atoms in total. The third-order valence-electron chi connectivity index (χ3n) is 3.96. The van der Waals surface area contributed by atoms with Gasteiger partial charge in [0.15, 0.2) is 6.10 Å². The van der Waals surface area contributed by atoms with Gasteiger partial charge in [0, 0.05) is 23.9 Å². The van der Waals surface area contributed by atoms with Crippen LogP contribution < -0.4 is 5.32 Å². The summed E-state index contributed by atoms with van der Waals surface area (Å²) in [5.74, 6) is -0.737. The van der Waals surface area contributed by atoms with Gasteiger partial charge in [-0.15, -0.1) is 0 Å². The number of benzene rings is 2. The zero-order valence-electron chi connectivity index (χ0n) is 14.0. The zero-order valence-corrected chi connectivity index (χ0v) is 14.0. The normalized spacial score (nSPS) is 11.9. The second-order valence-corrected chi connectivity index (χ2v) is 5.81. The van der Waals surface area contributed by atoms with E-state index in [9.17, 15) is 9.59 Å². The van der Waals surface area contributed by atoms with Gasteiger partial charge in [0.2, 0.25) is 0 Å². The van der Waals surface area contributed by atoms with Gasteiger partial charge in [-0.3, -0.25) is 9.59 Å². The molecule has 128 valence electrons. The molecule has 3 aromatic rings. The summed E-state index contributed by atoms with van der Waals surface area (Å²) in [5, 5.41) is 3.85. The molecule has 0 saturated carbocycles. The molecular weight excluding hydrogens is 316 g/mol. The number of ether oxygens (including phenoxy) is 1. The first-order valence-electron chi connectivity index (χ1n) is 8.23. The monoisotopic (exact) mass is 336 g/mol. The molecule has 0 aliphatic rings. The molecule has 1 aromatic heterocycles. The number of hydrogen-bond acceptors (Lipinski definition) is 3. The maximum atomic E-state index is 12.1. The number of carbonyl (C=O) groups is 2. The van der Waals surface area contributed by atoms with E-state index in [1.165, 1.54) is 0 Å². The predicted octanol–water partition coefficient (Wildman–Crippen LogP) is 3.60. The van der Waals surface area contributed by atoms with Crippen molar-refractivity contribution in [3.63, 3.8) is 0 Å². The lowest BCUT2D eigenvalue weighted by atomic mass is 10.2. The highest BCUT2D eigenvalue weighted by Crippen LogP contribution is 2.15. The van der Waals surface area contributed by atoms with E-state index in [0.29, 0.717) is 12.2 Å². The van der Waals surface area contributed by atoms with Crippen molar-refractivity contribution in [1.29, 1.82) is 0 Å². The van der Waals surface area contributed by atoms with Crippen molar-refractivity contribution >= 4 is 28.5 Å². The first-order chi connectivity index (χ1) is 12.1. The standard InChI is InChI=1S/C20H20N2O3/c1-15(20(24)21-17-8-3-2-4-9-17)25-19(23)12-14-22-13-11-16-7-5-6-10-18(16)22/h2-11,13,15H,12,14H2,1H3,(H,21,24). The summed E-state index contributed by atoms with van der Waals surface area (Å²) in [6.45, 7) is 2.08. The smallest absolute Gasteiger partial charge is 0.308 e. The lowest BCUT2D eigenvalue weighted by Gasteiger charge is -2.14. The fourth-order valence-corrected chi connectivity index (χ4v) is 2.62. The summed E-state index contributed by atoms with van der Waals surface area (Å²) < 4.78 is 7.24. The lowest BCUT2D eigenvalue weighted by molar-refractivity contribution is -0.153. The lowest BCUT2D eigenvalue weighted by Crippen LogP contribution is -2.30. The molecule has 5 heteroatoms. The molecule has 25 heavy (non-hydrogen) atoms. The number of nitrogens with zero attached hydrogens (tertiary/aromatic N) is 1. The third-order valence-corrected chi connectivity index (χ3v) is 3.96. The molecule has 2 aromatic carbocycles. The highest BCUT2D eigenvalue weighted by atomic mass is 16.5. The number of aryl methyl sites for hydroxylation is 1. The fraction of sp³-hybridized carbons (Fsp3) is 0.200. The Morgan fingerprint density at radius 2 is 1.76 bits per heavy atom. The number of rotatable bonds is 6. The van der Waals surface area contributed by atoms with Gasteiger partial charge in [0.25, 0.3) is 5.91 Å². The molecule has 1 heterocycles. The van der Waals surface area contributed by atoms with Gasteiger partial charge >= 0.3 is 5.97 Å². The Labute approximate surface area is 146 Å². The van der Waals surface area contributed by atoms with E-state index in [1.807, 2.05) is 59.3 Å². The Kier molecular flexibility index (Phi) is 5.14. The van der Waals surface area contributed by atoms with Crippen LogP contribution in [0.5, 0.6) is 0 Å². The van der Waals surface area contributed by atoms with Crippen LogP contribution in [0.1, 0.15) is 13.3 Å². The van der Waals surface area contributed by atoms with Crippen molar-refractivity contribution in [2.24, 2.45) is 0 Å². The van der Waals surface area contributed by atoms with E-state index in [2.05, 4.69) is 5.32 Å². The van der Waals surface area contributed by atoms with Crippen LogP contribution in [0.15, 0.2) is 66.9 Å². The predicted molar refractivity (Wildman–Crippen MR) is 97.2 cm³/mol. The largest absolute Gasteiger partial charge is 0.452 e. The number of fused-ring (bicyclic) bond motifs is 1. The van der Waals surface area contributed by atoms with Gasteiger partial charge in [-0.05, 0) is 36.6 Å². The minimum atomic E-state index is -0.839. The van der Waals surface area contributed by atoms with E-state index < -0.39 is 12.1 Å². The summed E-state index contributed by atoms with van der Waals surface area (Å²) in [6.07, 6.45) is 1.32. The van der Waals surface area contributed by atoms with Crippen LogP contribution in [-0.2, 0) is 20.9 Å². The van der Waals surface area contributed by atoms with Crippen LogP contribution in [-0.4, -0.2) is 22.5 Å². The third kappa shape index (κ3) is 4.26. The summed E-state index contributed by atoms with van der Waals surface area (Å²) in [4.78, 5) is 24.1. The van der Waals surface area contributed by atoms with E-state index in [4.69, 9.17) is 4.74 Å². The molecule has 0 bridgehead atoms. The molecule has 1 N–H and O–H groups in total. The summed E-state index contributed by atoms with van der Waals surface area (Å²) in [6, 6.07) is 19.1. The summed E-state index contributed by atoms with van der Waals surface area (Å²) in [5.41, 5.74) is 1.75. The average molecular weight is 336 g/mol. The van der Waals surface area contributed by atoms with Crippen molar-refractivity contribution < 1.29 is 14.3 Å². The van der Waals surface area contributed by atoms with Crippen LogP contribution in [0.25, 0.3) is 10.9 Å². The van der Waals surface area contributed by atoms with Gasteiger partial charge in [-0.1, -0.05) is 36.4 Å². The zero-order chi connectivity index (χ0) is 17.6. The molecule has 1 unspecified atom stereocenters. The average Bonchev–Trinajstić information content (AvgIpc) is 3.04. The van der Waals surface area contributed by atoms with Crippen molar-refractivity contribution in [3.8, 4) is 0 Å². The second-order valence-electron chi connectivity index (χ2n) is 5.81. The summed E-state index contributed by atoms with van der Waals surface area (Å²) in [7, 11) is 0. The first kappa shape index (κ1) is 16.8. The van der Waals surface area contributed by atoms with Crippen LogP contribution in [0, 0.1) is 0 Å². The van der Waals surface area contributed by atoms with Crippen molar-refractivity contribution in [3.05, 3.63) is 66.9 Å². The maximum Gasteiger partial charge on any atom is 0.308 e. The Balaban J connectivity index is 1.51. The first-order valence-corrected chi connectivity index (χ1v) is 8.23. The van der Waals surface area contributed by atoms with Crippen LogP contribution in [0.3, 0.4) is 0 Å². The second kappa shape index (κ2) is 7.66. The molecule has 0 fully saturated rings. The van der Waals surface area contributed by atoms with E-state index in [-0.39, 0.29) is 12.3 Å². The van der Waals surface area contributed by atoms with Gasteiger partial charge < -0.3 is 14.6 Å². The van der Waals surface area contributed by atoms with Crippen molar-refractivity contribution in [2.75, 3.05) is 5.32 Å². The van der Waals surface area contributed by atoms with Crippen molar-refractivity contribution in [2.45, 2.75) is 26.0 Å².